The fourth-order valence-electron chi connectivity index (χ4n) is 19.1. The van der Waals surface area contributed by atoms with Gasteiger partial charge in [0.2, 0.25) is 11.5 Å². The molecular formula is C122H231BrO7. The molecule has 7 nitrogen and oxygen atoms in total. The smallest absolute Gasteiger partial charge is 0.203 e. The van der Waals surface area contributed by atoms with Gasteiger partial charge in [-0.2, -0.15) is 0 Å². The molecule has 0 saturated heterocycles. The third kappa shape index (κ3) is 89.6. The molecule has 8 heteroatoms. The van der Waals surface area contributed by atoms with Crippen LogP contribution in [-0.2, 0) is 11.9 Å². The average Bonchev–Trinajstić information content (AvgIpc) is 0.831. The maximum atomic E-state index is 10.2. The summed E-state index contributed by atoms with van der Waals surface area (Å²) < 4.78 is 39.1. The van der Waals surface area contributed by atoms with Crippen molar-refractivity contribution in [1.82, 2.24) is 0 Å². The molecule has 0 aliphatic carbocycles. The predicted molar refractivity (Wildman–Crippen MR) is 582 cm³/mol. The Morgan fingerprint density at radius 3 is 0.377 bits per heavy atom. The molecule has 0 aromatic heterocycles. The third-order valence-electron chi connectivity index (χ3n) is 28.0. The summed E-state index contributed by atoms with van der Waals surface area (Å²) in [5, 5.41) is 11.0. The summed E-state index contributed by atoms with van der Waals surface area (Å²) >= 11 is 3.73. The lowest BCUT2D eigenvalue weighted by atomic mass is 10.0. The minimum absolute atomic E-state index is 0.0236. The van der Waals surface area contributed by atoms with Crippen molar-refractivity contribution in [3.8, 4) is 34.5 Å². The molecule has 0 heterocycles. The van der Waals surface area contributed by atoms with Gasteiger partial charge in [-0.3, -0.25) is 0 Å². The molecule has 0 atom stereocenters. The van der Waals surface area contributed by atoms with E-state index in [1.165, 1.54) is 583 Å². The topological polar surface area (TPSA) is 75.6 Å². The summed E-state index contributed by atoms with van der Waals surface area (Å²) in [6.45, 7) is 18.1. The van der Waals surface area contributed by atoms with E-state index in [-0.39, 0.29) is 6.61 Å². The minimum atomic E-state index is -0.0236. The number of unbranched alkanes of at least 4 members (excludes halogenated alkanes) is 90. The van der Waals surface area contributed by atoms with Gasteiger partial charge in [-0.25, -0.2) is 0 Å². The highest BCUT2D eigenvalue weighted by molar-refractivity contribution is 9.08. The zero-order valence-corrected chi connectivity index (χ0v) is 90.7. The van der Waals surface area contributed by atoms with Gasteiger partial charge in [0.25, 0.3) is 0 Å². The third-order valence-corrected chi connectivity index (χ3v) is 28.7. The number of aliphatic hydroxyl groups is 1. The van der Waals surface area contributed by atoms with E-state index in [1.807, 2.05) is 12.1 Å². The van der Waals surface area contributed by atoms with Crippen molar-refractivity contribution in [3.05, 3.63) is 35.4 Å². The summed E-state index contributed by atoms with van der Waals surface area (Å²) in [5.74, 6) is 4.83. The van der Waals surface area contributed by atoms with E-state index in [0.717, 1.165) is 104 Å². The normalized spacial score (nSPS) is 11.5. The number of hydrogen-bond donors (Lipinski definition) is 1. The number of rotatable bonds is 110. The van der Waals surface area contributed by atoms with E-state index in [1.54, 1.807) is 0 Å². The zero-order chi connectivity index (χ0) is 93.2. The Kier molecular flexibility index (Phi) is 105. The van der Waals surface area contributed by atoms with Crippen molar-refractivity contribution in [2.75, 3.05) is 39.6 Å². The monoisotopic (exact) mass is 1890 g/mol. The highest BCUT2D eigenvalue weighted by Gasteiger charge is 2.19. The van der Waals surface area contributed by atoms with Crippen molar-refractivity contribution < 1.29 is 33.5 Å². The lowest BCUT2D eigenvalue weighted by molar-refractivity contribution is 0.231. The first-order valence-electron chi connectivity index (χ1n) is 59.8. The minimum Gasteiger partial charge on any atom is -0.490 e. The molecule has 0 spiro atoms. The molecule has 2 aromatic carbocycles. The van der Waals surface area contributed by atoms with E-state index in [0.29, 0.717) is 19.8 Å². The molecule has 0 bridgehead atoms. The summed E-state index contributed by atoms with van der Waals surface area (Å²) in [6.07, 6.45) is 132. The Balaban J connectivity index is 0.00000130. The molecule has 0 radical (unpaired) electrons. The maximum Gasteiger partial charge on any atom is 0.203 e. The predicted octanol–water partition coefficient (Wildman–Crippen LogP) is 43.6. The van der Waals surface area contributed by atoms with Gasteiger partial charge in [0.15, 0.2) is 23.0 Å². The zero-order valence-electron chi connectivity index (χ0n) is 89.1. The second-order valence-corrected chi connectivity index (χ2v) is 41.6. The molecule has 2 rings (SSSR count). The van der Waals surface area contributed by atoms with Gasteiger partial charge in [0.05, 0.1) is 46.2 Å². The Morgan fingerprint density at radius 1 is 0.154 bits per heavy atom. The van der Waals surface area contributed by atoms with E-state index >= 15 is 0 Å². The second kappa shape index (κ2) is 109. The van der Waals surface area contributed by atoms with Gasteiger partial charge in [0.1, 0.15) is 0 Å². The highest BCUT2D eigenvalue weighted by atomic mass is 79.9. The van der Waals surface area contributed by atoms with Gasteiger partial charge in [-0.1, -0.05) is 635 Å². The van der Waals surface area contributed by atoms with Crippen LogP contribution in [0.5, 0.6) is 34.5 Å². The largest absolute Gasteiger partial charge is 0.490 e. The number of ether oxygens (including phenoxy) is 6. The van der Waals surface area contributed by atoms with Gasteiger partial charge in [-0.05, 0) is 73.9 Å². The van der Waals surface area contributed by atoms with Crippen molar-refractivity contribution in [1.29, 1.82) is 0 Å². The summed E-state index contributed by atoms with van der Waals surface area (Å²) in [5.41, 5.74) is 2.03. The molecule has 1 N–H and O–H groups in total. The lowest BCUT2D eigenvalue weighted by Gasteiger charge is -2.18. The molecule has 0 unspecified atom stereocenters. The SMILES string of the molecule is CCCCCCCCCCCCCCCCCCOc1cc(CBr)cc(OCCCCCCCCCCCCCCCCCC)c1OCCCCCCCCCCCCCCCCCC.CCCCCCCCCCCCCCCCCCOc1cc(CO)cc(OCCCCCCCCCCCCCCCCCC)c1OCCCCCCCCCCCCCCCCCC. The molecule has 768 valence electrons. The van der Waals surface area contributed by atoms with Crippen molar-refractivity contribution >= 4 is 15.9 Å². The van der Waals surface area contributed by atoms with Crippen LogP contribution in [0.2, 0.25) is 0 Å². The van der Waals surface area contributed by atoms with E-state index in [4.69, 9.17) is 28.4 Å². The Bertz CT molecular complexity index is 2160. The van der Waals surface area contributed by atoms with Crippen molar-refractivity contribution in [2.24, 2.45) is 0 Å². The highest BCUT2D eigenvalue weighted by Crippen LogP contribution is 2.42. The summed E-state index contributed by atoms with van der Waals surface area (Å²) in [4.78, 5) is 0. The molecule has 0 saturated carbocycles. The molecule has 0 amide bonds. The molecule has 0 fully saturated rings. The van der Waals surface area contributed by atoms with Crippen LogP contribution < -0.4 is 28.4 Å². The standard InChI is InChI=1S/C61H115BrO3.C61H116O4/c2*1-4-7-10-13-16-19-22-25-28-31-34-37-40-43-46-49-52-63-59-55-58(57-62)56-60(64-53-50-47-44-41-38-35-32-29-26-23-20-17-14-11-8-5-2)61(59)65-54-51-48-45-42-39-36-33-30-27-24-21-18-15-12-9-6-3/h55-56H,4-54,57H2,1-3H3;55-56,62H,4-54,57H2,1-3H3. The van der Waals surface area contributed by atoms with Crippen LogP contribution in [0.25, 0.3) is 0 Å². The molecular weight excluding hydrogens is 1660 g/mol. The van der Waals surface area contributed by atoms with Crippen LogP contribution >= 0.6 is 15.9 Å². The fourth-order valence-corrected chi connectivity index (χ4v) is 19.4. The first-order valence-corrected chi connectivity index (χ1v) is 60.9. The number of benzene rings is 2. The Hall–Kier alpha value is -2.32. The van der Waals surface area contributed by atoms with Crippen LogP contribution in [0, 0.1) is 0 Å². The summed E-state index contributed by atoms with van der Waals surface area (Å²) in [7, 11) is 0. The Labute approximate surface area is 823 Å². The van der Waals surface area contributed by atoms with E-state index in [2.05, 4.69) is 69.6 Å². The molecule has 2 aromatic rings. The fraction of sp³-hybridized carbons (Fsp3) is 0.902. The van der Waals surface area contributed by atoms with Crippen molar-refractivity contribution in [3.63, 3.8) is 0 Å². The van der Waals surface area contributed by atoms with Crippen LogP contribution in [0.4, 0.5) is 0 Å². The molecule has 0 aliphatic rings. The maximum absolute atomic E-state index is 10.2. The molecule has 130 heavy (non-hydrogen) atoms. The Morgan fingerprint density at radius 2 is 0.262 bits per heavy atom. The van der Waals surface area contributed by atoms with Crippen LogP contribution in [-0.4, -0.2) is 44.7 Å². The lowest BCUT2D eigenvalue weighted by Crippen LogP contribution is -2.07. The summed E-state index contributed by atoms with van der Waals surface area (Å²) in [6, 6.07) is 8.34. The van der Waals surface area contributed by atoms with Crippen LogP contribution in [0.3, 0.4) is 0 Å². The van der Waals surface area contributed by atoms with Crippen LogP contribution in [0.1, 0.15) is 669 Å². The van der Waals surface area contributed by atoms with Gasteiger partial charge in [-0.15, -0.1) is 0 Å². The first kappa shape index (κ1) is 126. The van der Waals surface area contributed by atoms with E-state index in [9.17, 15) is 5.11 Å². The number of aliphatic hydroxyl groups excluding tert-OH is 1. The number of halogens is 1. The van der Waals surface area contributed by atoms with Gasteiger partial charge >= 0.3 is 0 Å². The quantitative estimate of drug-likeness (QED) is 0.0522. The number of hydrogen-bond acceptors (Lipinski definition) is 7. The van der Waals surface area contributed by atoms with Crippen LogP contribution in [0.15, 0.2) is 24.3 Å². The first-order chi connectivity index (χ1) is 64.5. The van der Waals surface area contributed by atoms with Gasteiger partial charge < -0.3 is 33.5 Å². The molecule has 0 aliphatic heterocycles. The van der Waals surface area contributed by atoms with E-state index < -0.39 is 0 Å². The number of alkyl halides is 1. The van der Waals surface area contributed by atoms with Gasteiger partial charge in [0, 0.05) is 5.33 Å². The average molecular weight is 1890 g/mol. The second-order valence-electron chi connectivity index (χ2n) is 41.0. The van der Waals surface area contributed by atoms with Crippen molar-refractivity contribution in [2.45, 2.75) is 670 Å².